The standard InChI is InChI=1S/C19H15N5O/c20-19-23-15-8-12(3-5-17(15)25-19)14-4-6-18-22-10-16(24(18)11-14)13-2-1-7-21-9-13/h3-11H,1-2H2,(H2,20,23). The molecule has 6 heteroatoms. The minimum Gasteiger partial charge on any atom is -0.424 e. The predicted octanol–water partition coefficient (Wildman–Crippen LogP) is 3.93. The van der Waals surface area contributed by atoms with Gasteiger partial charge in [-0.15, -0.1) is 0 Å². The number of aliphatic imine (C=N–C) groups is 1. The van der Waals surface area contributed by atoms with Crippen LogP contribution in [-0.4, -0.2) is 20.6 Å². The summed E-state index contributed by atoms with van der Waals surface area (Å²) in [5.41, 5.74) is 12.4. The fraction of sp³-hybridized carbons (Fsp3) is 0.105. The first-order chi connectivity index (χ1) is 12.3. The molecule has 0 aliphatic carbocycles. The molecule has 0 bridgehead atoms. The summed E-state index contributed by atoms with van der Waals surface area (Å²) in [7, 11) is 0. The first-order valence-corrected chi connectivity index (χ1v) is 8.12. The Morgan fingerprint density at radius 2 is 2.04 bits per heavy atom. The third-order valence-corrected chi connectivity index (χ3v) is 4.45. The van der Waals surface area contributed by atoms with Gasteiger partial charge in [0.2, 0.25) is 0 Å². The molecule has 1 aliphatic heterocycles. The van der Waals surface area contributed by atoms with E-state index in [2.05, 4.69) is 31.6 Å². The zero-order valence-electron chi connectivity index (χ0n) is 13.4. The lowest BCUT2D eigenvalue weighted by atomic mass is 10.1. The number of nitrogen functional groups attached to an aromatic ring is 1. The zero-order chi connectivity index (χ0) is 16.8. The van der Waals surface area contributed by atoms with Gasteiger partial charge in [0.15, 0.2) is 5.58 Å². The quantitative estimate of drug-likeness (QED) is 0.604. The second kappa shape index (κ2) is 5.31. The van der Waals surface area contributed by atoms with Crippen LogP contribution in [0.1, 0.15) is 18.5 Å². The number of anilines is 1. The summed E-state index contributed by atoms with van der Waals surface area (Å²) in [5.74, 6) is 0. The molecule has 122 valence electrons. The summed E-state index contributed by atoms with van der Waals surface area (Å²) in [6, 6.07) is 10.2. The molecule has 2 N–H and O–H groups in total. The Hall–Kier alpha value is -3.41. The smallest absolute Gasteiger partial charge is 0.292 e. The minimum absolute atomic E-state index is 0.185. The van der Waals surface area contributed by atoms with Crippen LogP contribution in [0.5, 0.6) is 0 Å². The van der Waals surface area contributed by atoms with E-state index in [4.69, 9.17) is 10.2 Å². The summed E-state index contributed by atoms with van der Waals surface area (Å²) in [6.45, 7) is 0. The number of pyridine rings is 1. The molecule has 0 fully saturated rings. The second-order valence-corrected chi connectivity index (χ2v) is 6.05. The monoisotopic (exact) mass is 329 g/mol. The predicted molar refractivity (Wildman–Crippen MR) is 98.3 cm³/mol. The zero-order valence-corrected chi connectivity index (χ0v) is 13.4. The molecule has 0 saturated heterocycles. The second-order valence-electron chi connectivity index (χ2n) is 6.05. The van der Waals surface area contributed by atoms with Gasteiger partial charge in [-0.25, -0.2) is 4.98 Å². The van der Waals surface area contributed by atoms with Gasteiger partial charge in [0.05, 0.1) is 11.9 Å². The van der Waals surface area contributed by atoms with Gasteiger partial charge in [-0.3, -0.25) is 9.39 Å². The highest BCUT2D eigenvalue weighted by Crippen LogP contribution is 2.28. The van der Waals surface area contributed by atoms with Crippen molar-refractivity contribution in [3.8, 4) is 11.1 Å². The minimum atomic E-state index is 0.185. The summed E-state index contributed by atoms with van der Waals surface area (Å²) < 4.78 is 7.46. The third kappa shape index (κ3) is 2.30. The number of nitrogens with two attached hydrogens (primary N) is 1. The van der Waals surface area contributed by atoms with Crippen LogP contribution in [0, 0.1) is 0 Å². The van der Waals surface area contributed by atoms with E-state index >= 15 is 0 Å². The Bertz CT molecular complexity index is 1170. The number of nitrogens with zero attached hydrogens (tertiary/aromatic N) is 4. The molecule has 25 heavy (non-hydrogen) atoms. The summed E-state index contributed by atoms with van der Waals surface area (Å²) in [4.78, 5) is 13.0. The molecule has 4 heterocycles. The molecule has 0 spiro atoms. The summed E-state index contributed by atoms with van der Waals surface area (Å²) in [6.07, 6.45) is 9.81. The van der Waals surface area contributed by atoms with Crippen molar-refractivity contribution in [2.75, 3.05) is 5.73 Å². The van der Waals surface area contributed by atoms with E-state index < -0.39 is 0 Å². The fourth-order valence-corrected chi connectivity index (χ4v) is 3.21. The highest BCUT2D eigenvalue weighted by molar-refractivity contribution is 5.82. The third-order valence-electron chi connectivity index (χ3n) is 4.45. The molecule has 4 aromatic rings. The van der Waals surface area contributed by atoms with E-state index in [0.717, 1.165) is 40.8 Å². The molecule has 0 unspecified atom stereocenters. The number of benzene rings is 1. The molecule has 0 amide bonds. The van der Waals surface area contributed by atoms with E-state index in [-0.39, 0.29) is 6.01 Å². The van der Waals surface area contributed by atoms with Gasteiger partial charge in [-0.1, -0.05) is 6.07 Å². The average molecular weight is 329 g/mol. The van der Waals surface area contributed by atoms with E-state index in [1.54, 1.807) is 0 Å². The molecule has 0 saturated carbocycles. The Balaban J connectivity index is 1.65. The van der Waals surface area contributed by atoms with Crippen LogP contribution in [0.25, 0.3) is 33.4 Å². The largest absolute Gasteiger partial charge is 0.424 e. The molecule has 1 aliphatic rings. The Labute approximate surface area is 143 Å². The number of fused-ring (bicyclic) bond motifs is 2. The van der Waals surface area contributed by atoms with Gasteiger partial charge < -0.3 is 10.2 Å². The van der Waals surface area contributed by atoms with Crippen LogP contribution >= 0.6 is 0 Å². The average Bonchev–Trinajstić information content (AvgIpc) is 3.23. The molecule has 6 nitrogen and oxygen atoms in total. The van der Waals surface area contributed by atoms with Crippen LogP contribution in [0.3, 0.4) is 0 Å². The lowest BCUT2D eigenvalue weighted by Crippen LogP contribution is -1.96. The lowest BCUT2D eigenvalue weighted by molar-refractivity contribution is 0.626. The van der Waals surface area contributed by atoms with Crippen molar-refractivity contribution in [3.63, 3.8) is 0 Å². The van der Waals surface area contributed by atoms with Crippen molar-refractivity contribution in [1.29, 1.82) is 0 Å². The van der Waals surface area contributed by atoms with E-state index in [0.29, 0.717) is 5.58 Å². The van der Waals surface area contributed by atoms with E-state index in [1.165, 1.54) is 5.57 Å². The van der Waals surface area contributed by atoms with Gasteiger partial charge in [0.25, 0.3) is 6.01 Å². The van der Waals surface area contributed by atoms with Crippen molar-refractivity contribution >= 4 is 34.5 Å². The fourth-order valence-electron chi connectivity index (χ4n) is 3.21. The highest BCUT2D eigenvalue weighted by atomic mass is 16.4. The van der Waals surface area contributed by atoms with Gasteiger partial charge in [0.1, 0.15) is 11.2 Å². The molecule has 0 atom stereocenters. The normalized spacial score (nSPS) is 14.3. The number of hydrogen-bond donors (Lipinski definition) is 1. The van der Waals surface area contributed by atoms with Gasteiger partial charge >= 0.3 is 0 Å². The van der Waals surface area contributed by atoms with E-state index in [9.17, 15) is 0 Å². The molecule has 3 aromatic heterocycles. The first kappa shape index (κ1) is 14.0. The van der Waals surface area contributed by atoms with Gasteiger partial charge in [-0.05, 0) is 53.8 Å². The molecule has 1 aromatic carbocycles. The van der Waals surface area contributed by atoms with Crippen LogP contribution in [0.2, 0.25) is 0 Å². The van der Waals surface area contributed by atoms with Gasteiger partial charge in [-0.2, -0.15) is 4.98 Å². The number of imidazole rings is 1. The molecule has 0 radical (unpaired) electrons. The number of oxazole rings is 1. The maximum atomic E-state index is 5.63. The van der Waals surface area contributed by atoms with Crippen molar-refractivity contribution in [3.05, 3.63) is 54.6 Å². The molecular formula is C19H15N5O. The van der Waals surface area contributed by atoms with Crippen LogP contribution in [-0.2, 0) is 0 Å². The first-order valence-electron chi connectivity index (χ1n) is 8.12. The number of hydrogen-bond acceptors (Lipinski definition) is 5. The Morgan fingerprint density at radius 1 is 1.12 bits per heavy atom. The van der Waals surface area contributed by atoms with Crippen molar-refractivity contribution < 1.29 is 4.42 Å². The maximum absolute atomic E-state index is 5.63. The van der Waals surface area contributed by atoms with Gasteiger partial charge in [0, 0.05) is 18.6 Å². The topological polar surface area (TPSA) is 81.7 Å². The Kier molecular flexibility index (Phi) is 2.97. The van der Waals surface area contributed by atoms with E-state index in [1.807, 2.05) is 42.9 Å². The SMILES string of the molecule is Nc1nc2cc(-c3ccc4ncc(C5=CN=CCC5)n4c3)ccc2o1. The number of allylic oxidation sites excluding steroid dienone is 1. The summed E-state index contributed by atoms with van der Waals surface area (Å²) >= 11 is 0. The van der Waals surface area contributed by atoms with Crippen molar-refractivity contribution in [1.82, 2.24) is 14.4 Å². The lowest BCUT2D eigenvalue weighted by Gasteiger charge is -2.09. The summed E-state index contributed by atoms with van der Waals surface area (Å²) in [5, 5.41) is 0. The van der Waals surface area contributed by atoms with Crippen molar-refractivity contribution in [2.24, 2.45) is 4.99 Å². The van der Waals surface area contributed by atoms with Crippen LogP contribution in [0.15, 0.2) is 58.3 Å². The highest BCUT2D eigenvalue weighted by Gasteiger charge is 2.12. The molecule has 5 rings (SSSR count). The maximum Gasteiger partial charge on any atom is 0.292 e. The number of aromatic nitrogens is 3. The Morgan fingerprint density at radius 3 is 2.92 bits per heavy atom. The molecular weight excluding hydrogens is 314 g/mol. The van der Waals surface area contributed by atoms with Crippen molar-refractivity contribution in [2.45, 2.75) is 12.8 Å². The number of rotatable bonds is 2. The van der Waals surface area contributed by atoms with Crippen LogP contribution < -0.4 is 5.73 Å². The van der Waals surface area contributed by atoms with Crippen LogP contribution in [0.4, 0.5) is 6.01 Å².